The Morgan fingerprint density at radius 1 is 0.208 bits per heavy atom. The molecule has 4 nitrogen and oxygen atoms in total. The molecule has 2 aromatic heterocycles. The molecule has 336 valence electrons. The summed E-state index contributed by atoms with van der Waals surface area (Å²) in [5, 5.41) is 9.70. The van der Waals surface area contributed by atoms with Gasteiger partial charge in [0.05, 0.1) is 44.8 Å². The van der Waals surface area contributed by atoms with Crippen LogP contribution in [0, 0.1) is 0 Å². The summed E-state index contributed by atoms with van der Waals surface area (Å²) in [7, 11) is 0. The van der Waals surface area contributed by atoms with Gasteiger partial charge in [-0.3, -0.25) is 0 Å². The zero-order chi connectivity index (χ0) is 47.3. The molecule has 1 aliphatic rings. The smallest absolute Gasteiger partial charge is 0.0782 e. The number of hydrogen-bond acceptors (Lipinski definition) is 2. The second-order valence-electron chi connectivity index (χ2n) is 18.9. The molecule has 0 aliphatic carbocycles. The quantitative estimate of drug-likeness (QED) is 0.175. The third-order valence-electron chi connectivity index (χ3n) is 14.9. The first-order valence-corrected chi connectivity index (χ1v) is 24.8. The number of anilines is 6. The minimum absolute atomic E-state index is 1.07. The highest BCUT2D eigenvalue weighted by molar-refractivity contribution is 6.17. The summed E-state index contributed by atoms with van der Waals surface area (Å²) in [6, 6.07) is 98.4. The minimum atomic E-state index is 1.07. The normalized spacial score (nSPS) is 12.4. The van der Waals surface area contributed by atoms with Crippen LogP contribution in [0.3, 0.4) is 0 Å². The lowest BCUT2D eigenvalue weighted by atomic mass is 9.99. The lowest BCUT2D eigenvalue weighted by Gasteiger charge is -2.30. The maximum atomic E-state index is 2.49. The number of benzene rings is 12. The van der Waals surface area contributed by atoms with Gasteiger partial charge < -0.3 is 18.9 Å². The molecular weight excluding hydrogens is 873 g/mol. The third kappa shape index (κ3) is 6.12. The summed E-state index contributed by atoms with van der Waals surface area (Å²) >= 11 is 0. The van der Waals surface area contributed by atoms with E-state index in [9.17, 15) is 0 Å². The van der Waals surface area contributed by atoms with Crippen molar-refractivity contribution < 1.29 is 0 Å². The van der Waals surface area contributed by atoms with Gasteiger partial charge in [-0.2, -0.15) is 0 Å². The van der Waals surface area contributed by atoms with E-state index in [-0.39, 0.29) is 0 Å². The Kier molecular flexibility index (Phi) is 8.92. The van der Waals surface area contributed by atoms with Crippen LogP contribution in [-0.2, 0) is 0 Å². The van der Waals surface area contributed by atoms with Gasteiger partial charge in [0.25, 0.3) is 0 Å². The second kappa shape index (κ2) is 16.0. The van der Waals surface area contributed by atoms with Crippen molar-refractivity contribution in [3.05, 3.63) is 267 Å². The Morgan fingerprint density at radius 2 is 0.500 bits per heavy atom. The maximum Gasteiger partial charge on any atom is 0.0782 e. The van der Waals surface area contributed by atoms with E-state index in [1.54, 1.807) is 0 Å². The van der Waals surface area contributed by atoms with Gasteiger partial charge in [0, 0.05) is 55.1 Å². The number of hydrogen-bond donors (Lipinski definition) is 0. The molecule has 15 rings (SSSR count). The van der Waals surface area contributed by atoms with Gasteiger partial charge in [0.15, 0.2) is 0 Å². The van der Waals surface area contributed by atoms with Crippen molar-refractivity contribution >= 4 is 99.3 Å². The van der Waals surface area contributed by atoms with Crippen LogP contribution in [-0.4, -0.2) is 9.13 Å². The highest BCUT2D eigenvalue weighted by Gasteiger charge is 2.26. The molecule has 8 bridgehead atoms. The average Bonchev–Trinajstić information content (AvgIpc) is 3.97. The maximum absolute atomic E-state index is 2.49. The van der Waals surface area contributed by atoms with Crippen molar-refractivity contribution in [3.8, 4) is 33.6 Å². The molecule has 0 saturated heterocycles. The first kappa shape index (κ1) is 40.3. The predicted molar refractivity (Wildman–Crippen MR) is 304 cm³/mol. The topological polar surface area (TPSA) is 16.3 Å². The molecule has 0 fully saturated rings. The van der Waals surface area contributed by atoms with E-state index < -0.39 is 0 Å². The van der Waals surface area contributed by atoms with E-state index in [4.69, 9.17) is 0 Å². The fourth-order valence-corrected chi connectivity index (χ4v) is 11.8. The minimum Gasteiger partial charge on any atom is -0.308 e. The lowest BCUT2D eigenvalue weighted by molar-refractivity contribution is 1.18. The summed E-state index contributed by atoms with van der Waals surface area (Å²) in [6.45, 7) is 0. The first-order chi connectivity index (χ1) is 35.7. The van der Waals surface area contributed by atoms with Crippen LogP contribution in [0.5, 0.6) is 0 Å². The predicted octanol–water partition coefficient (Wildman–Crippen LogP) is 18.8. The van der Waals surface area contributed by atoms with E-state index >= 15 is 0 Å². The number of rotatable bonds is 4. The number of aromatic nitrogens is 2. The number of para-hydroxylation sites is 4. The molecule has 3 heterocycles. The molecule has 4 heteroatoms. The zero-order valence-corrected chi connectivity index (χ0v) is 39.2. The van der Waals surface area contributed by atoms with Crippen LogP contribution in [0.1, 0.15) is 0 Å². The fourth-order valence-electron chi connectivity index (χ4n) is 11.8. The van der Waals surface area contributed by atoms with Gasteiger partial charge >= 0.3 is 0 Å². The van der Waals surface area contributed by atoms with Crippen molar-refractivity contribution in [2.24, 2.45) is 0 Å². The van der Waals surface area contributed by atoms with Crippen LogP contribution in [0.2, 0.25) is 0 Å². The van der Waals surface area contributed by atoms with Crippen LogP contribution in [0.4, 0.5) is 34.1 Å². The monoisotopic (exact) mass is 916 g/mol. The largest absolute Gasteiger partial charge is 0.308 e. The summed E-state index contributed by atoms with van der Waals surface area (Å²) in [6.07, 6.45) is 0. The molecule has 0 spiro atoms. The van der Waals surface area contributed by atoms with Gasteiger partial charge in [-0.05, 0) is 118 Å². The standard InChI is InChI=1S/C68H44N4/c1-3-29-55-45(17-1)19-13-37-61(55)71-63-35-7-5-31-57(63)59-33-15-39-65(67(59)71)69-51-25-9-21-47(41-51)49-23-11-27-53(43-49)70(54-28-12-24-50(44-54)48-22-10-26-52(69)42-48)66-40-16-34-60-58-32-6-8-36-64(58)72(68(60)66)62-38-14-20-46-18-2-4-30-56(46)62/h1-44H. The highest BCUT2D eigenvalue weighted by atomic mass is 15.2. The summed E-state index contributed by atoms with van der Waals surface area (Å²) < 4.78 is 4.98. The van der Waals surface area contributed by atoms with E-state index in [1.165, 1.54) is 54.1 Å². The molecule has 0 amide bonds. The van der Waals surface area contributed by atoms with Gasteiger partial charge in [0.2, 0.25) is 0 Å². The SMILES string of the molecule is c1cc2cc(c1)N(c1cccc3c4ccccc4n(-c4cccc5ccccc45)c13)c1cccc(c1)-c1cccc(c1)N(c1cccc3c4ccccc4n(-c4cccc5ccccc45)c13)c1cccc-2c1. The lowest BCUT2D eigenvalue weighted by Crippen LogP contribution is -2.13. The molecule has 0 radical (unpaired) electrons. The van der Waals surface area contributed by atoms with E-state index in [0.29, 0.717) is 0 Å². The van der Waals surface area contributed by atoms with Gasteiger partial charge in [-0.15, -0.1) is 0 Å². The van der Waals surface area contributed by atoms with Crippen molar-refractivity contribution in [3.63, 3.8) is 0 Å². The average molecular weight is 917 g/mol. The summed E-state index contributed by atoms with van der Waals surface area (Å²) in [4.78, 5) is 4.93. The number of fused-ring (bicyclic) bond motifs is 18. The van der Waals surface area contributed by atoms with Gasteiger partial charge in [-0.1, -0.05) is 182 Å². The zero-order valence-electron chi connectivity index (χ0n) is 39.2. The molecule has 14 aromatic rings. The Labute approximate surface area is 416 Å². The number of nitrogens with zero attached hydrogens (tertiary/aromatic N) is 4. The molecular formula is C68H44N4. The van der Waals surface area contributed by atoms with E-state index in [2.05, 4.69) is 286 Å². The Bertz CT molecular complexity index is 4110. The molecule has 72 heavy (non-hydrogen) atoms. The van der Waals surface area contributed by atoms with Crippen LogP contribution >= 0.6 is 0 Å². The second-order valence-corrected chi connectivity index (χ2v) is 18.9. The van der Waals surface area contributed by atoms with Crippen molar-refractivity contribution in [1.29, 1.82) is 0 Å². The van der Waals surface area contributed by atoms with E-state index in [0.717, 1.165) is 78.8 Å². The molecule has 0 N–H and O–H groups in total. The molecule has 12 aromatic carbocycles. The van der Waals surface area contributed by atoms with Crippen LogP contribution < -0.4 is 9.80 Å². The van der Waals surface area contributed by atoms with Crippen molar-refractivity contribution in [2.45, 2.75) is 0 Å². The fraction of sp³-hybridized carbons (Fsp3) is 0. The molecule has 0 unspecified atom stereocenters. The molecule has 1 aliphatic heterocycles. The van der Waals surface area contributed by atoms with Crippen molar-refractivity contribution in [2.75, 3.05) is 9.80 Å². The first-order valence-electron chi connectivity index (χ1n) is 24.8. The highest BCUT2D eigenvalue weighted by Crippen LogP contribution is 2.49. The Hall–Kier alpha value is -9.64. The summed E-state index contributed by atoms with van der Waals surface area (Å²) in [5.41, 5.74) is 18.0. The van der Waals surface area contributed by atoms with Crippen LogP contribution in [0.15, 0.2) is 267 Å². The Balaban J connectivity index is 0.990. The Morgan fingerprint density at radius 3 is 0.903 bits per heavy atom. The van der Waals surface area contributed by atoms with E-state index in [1.807, 2.05) is 0 Å². The van der Waals surface area contributed by atoms with Gasteiger partial charge in [-0.25, -0.2) is 0 Å². The third-order valence-corrected chi connectivity index (χ3v) is 14.9. The molecule has 0 atom stereocenters. The van der Waals surface area contributed by atoms with Crippen LogP contribution in [0.25, 0.3) is 98.8 Å². The summed E-state index contributed by atoms with van der Waals surface area (Å²) in [5.74, 6) is 0. The van der Waals surface area contributed by atoms with Gasteiger partial charge in [0.1, 0.15) is 0 Å². The molecule has 0 saturated carbocycles. The van der Waals surface area contributed by atoms with Crippen molar-refractivity contribution in [1.82, 2.24) is 9.13 Å².